The maximum absolute atomic E-state index is 8.88. The van der Waals surface area contributed by atoms with E-state index in [1.807, 2.05) is 30.3 Å². The fraction of sp³-hybridized carbons (Fsp3) is 0.0714. The number of rotatable bonds is 3. The zero-order valence-electron chi connectivity index (χ0n) is 9.45. The Balaban J connectivity index is 2.06. The number of nitrogens with zero attached hydrogens (tertiary/aromatic N) is 1. The van der Waals surface area contributed by atoms with Crippen molar-refractivity contribution in [2.75, 3.05) is 5.32 Å². The van der Waals surface area contributed by atoms with Crippen LogP contribution in [0.25, 0.3) is 0 Å². The topological polar surface area (TPSA) is 35.8 Å². The summed E-state index contributed by atoms with van der Waals surface area (Å²) in [5.74, 6) is 0. The minimum Gasteiger partial charge on any atom is -0.381 e. The van der Waals surface area contributed by atoms with E-state index in [2.05, 4.69) is 11.4 Å². The maximum atomic E-state index is 8.88. The van der Waals surface area contributed by atoms with Gasteiger partial charge in [-0.05, 0) is 35.9 Å². The van der Waals surface area contributed by atoms with Crippen LogP contribution in [0.1, 0.15) is 11.1 Å². The average molecular weight is 277 g/mol. The lowest BCUT2D eigenvalue weighted by Crippen LogP contribution is -1.99. The number of nitrogens with one attached hydrogen (secondary N) is 1. The van der Waals surface area contributed by atoms with Gasteiger partial charge in [-0.2, -0.15) is 5.26 Å². The number of hydrogen-bond acceptors (Lipinski definition) is 2. The van der Waals surface area contributed by atoms with E-state index in [1.165, 1.54) is 0 Å². The molecule has 90 valence electrons. The van der Waals surface area contributed by atoms with E-state index in [0.29, 0.717) is 17.1 Å². The lowest BCUT2D eigenvalue weighted by molar-refractivity contribution is 1.15. The number of anilines is 1. The first-order chi connectivity index (χ1) is 8.69. The van der Waals surface area contributed by atoms with Gasteiger partial charge in [0, 0.05) is 17.3 Å². The fourth-order valence-electron chi connectivity index (χ4n) is 1.53. The molecule has 0 fully saturated rings. The molecule has 0 radical (unpaired) electrons. The SMILES string of the molecule is N#Cc1cc(NCc2ccc(Cl)cc2)ccc1Cl. The molecule has 0 bridgehead atoms. The van der Waals surface area contributed by atoms with Crippen molar-refractivity contribution in [3.63, 3.8) is 0 Å². The van der Waals surface area contributed by atoms with Gasteiger partial charge in [0.2, 0.25) is 0 Å². The number of halogens is 2. The summed E-state index contributed by atoms with van der Waals surface area (Å²) in [6, 6.07) is 15.0. The summed E-state index contributed by atoms with van der Waals surface area (Å²) in [6.07, 6.45) is 0. The van der Waals surface area contributed by atoms with Crippen molar-refractivity contribution in [1.82, 2.24) is 0 Å². The summed E-state index contributed by atoms with van der Waals surface area (Å²) in [5, 5.41) is 13.3. The third-order valence-corrected chi connectivity index (χ3v) is 3.08. The summed E-state index contributed by atoms with van der Waals surface area (Å²) in [7, 11) is 0. The summed E-state index contributed by atoms with van der Waals surface area (Å²) in [4.78, 5) is 0. The van der Waals surface area contributed by atoms with Gasteiger partial charge in [-0.1, -0.05) is 35.3 Å². The third kappa shape index (κ3) is 3.16. The second kappa shape index (κ2) is 5.77. The summed E-state index contributed by atoms with van der Waals surface area (Å²) < 4.78 is 0. The second-order valence-electron chi connectivity index (χ2n) is 3.79. The van der Waals surface area contributed by atoms with Gasteiger partial charge in [0.05, 0.1) is 10.6 Å². The first kappa shape index (κ1) is 12.8. The molecule has 0 aliphatic rings. The van der Waals surface area contributed by atoms with Crippen LogP contribution < -0.4 is 5.32 Å². The van der Waals surface area contributed by atoms with Crippen molar-refractivity contribution in [3.8, 4) is 6.07 Å². The van der Waals surface area contributed by atoms with E-state index >= 15 is 0 Å². The molecule has 0 aliphatic carbocycles. The summed E-state index contributed by atoms with van der Waals surface area (Å²) >= 11 is 11.7. The molecule has 4 heteroatoms. The van der Waals surface area contributed by atoms with Crippen LogP contribution in [0.15, 0.2) is 42.5 Å². The van der Waals surface area contributed by atoms with Crippen LogP contribution in [-0.4, -0.2) is 0 Å². The molecule has 0 saturated heterocycles. The molecular weight excluding hydrogens is 267 g/mol. The third-order valence-electron chi connectivity index (χ3n) is 2.50. The van der Waals surface area contributed by atoms with Crippen molar-refractivity contribution in [2.45, 2.75) is 6.54 Å². The van der Waals surface area contributed by atoms with Gasteiger partial charge in [-0.25, -0.2) is 0 Å². The Morgan fingerprint density at radius 2 is 1.78 bits per heavy atom. The number of hydrogen-bond donors (Lipinski definition) is 1. The molecule has 0 saturated carbocycles. The van der Waals surface area contributed by atoms with E-state index < -0.39 is 0 Å². The predicted molar refractivity (Wildman–Crippen MR) is 74.9 cm³/mol. The zero-order valence-corrected chi connectivity index (χ0v) is 11.0. The highest BCUT2D eigenvalue weighted by Crippen LogP contribution is 2.20. The Bertz CT molecular complexity index is 586. The van der Waals surface area contributed by atoms with E-state index in [-0.39, 0.29) is 0 Å². The molecule has 0 spiro atoms. The largest absolute Gasteiger partial charge is 0.381 e. The Morgan fingerprint density at radius 3 is 2.44 bits per heavy atom. The maximum Gasteiger partial charge on any atom is 0.101 e. The standard InChI is InChI=1S/C14H10Cl2N2/c15-12-3-1-10(2-4-12)9-18-13-5-6-14(16)11(7-13)8-17/h1-7,18H,9H2. The molecule has 0 unspecified atom stereocenters. The lowest BCUT2D eigenvalue weighted by Gasteiger charge is -2.07. The van der Waals surface area contributed by atoms with E-state index in [9.17, 15) is 0 Å². The second-order valence-corrected chi connectivity index (χ2v) is 4.63. The van der Waals surface area contributed by atoms with Crippen LogP contribution in [0.2, 0.25) is 10.0 Å². The van der Waals surface area contributed by atoms with E-state index in [0.717, 1.165) is 16.3 Å². The lowest BCUT2D eigenvalue weighted by atomic mass is 10.2. The van der Waals surface area contributed by atoms with Gasteiger partial charge in [0.25, 0.3) is 0 Å². The Morgan fingerprint density at radius 1 is 1.06 bits per heavy atom. The average Bonchev–Trinajstić information content (AvgIpc) is 2.39. The first-order valence-electron chi connectivity index (χ1n) is 5.37. The number of benzene rings is 2. The minimum atomic E-state index is 0.467. The molecule has 0 aliphatic heterocycles. The molecule has 0 atom stereocenters. The Hall–Kier alpha value is -1.69. The van der Waals surface area contributed by atoms with Crippen molar-refractivity contribution in [2.24, 2.45) is 0 Å². The normalized spacial score (nSPS) is 9.83. The van der Waals surface area contributed by atoms with Crippen molar-refractivity contribution in [1.29, 1.82) is 5.26 Å². The van der Waals surface area contributed by atoms with Crippen LogP contribution in [0, 0.1) is 11.3 Å². The first-order valence-corrected chi connectivity index (χ1v) is 6.12. The van der Waals surface area contributed by atoms with Crippen molar-refractivity contribution < 1.29 is 0 Å². The Kier molecular flexibility index (Phi) is 4.09. The van der Waals surface area contributed by atoms with Gasteiger partial charge >= 0.3 is 0 Å². The fourth-order valence-corrected chi connectivity index (χ4v) is 1.81. The summed E-state index contributed by atoms with van der Waals surface area (Å²) in [5.41, 5.74) is 2.46. The van der Waals surface area contributed by atoms with E-state index in [4.69, 9.17) is 28.5 Å². The van der Waals surface area contributed by atoms with Gasteiger partial charge in [0.15, 0.2) is 0 Å². The Labute approximate surface area is 116 Å². The van der Waals surface area contributed by atoms with Crippen LogP contribution in [0.5, 0.6) is 0 Å². The molecule has 18 heavy (non-hydrogen) atoms. The molecular formula is C14H10Cl2N2. The minimum absolute atomic E-state index is 0.467. The van der Waals surface area contributed by atoms with Crippen LogP contribution in [0.4, 0.5) is 5.69 Å². The highest BCUT2D eigenvalue weighted by atomic mass is 35.5. The zero-order chi connectivity index (χ0) is 13.0. The molecule has 0 amide bonds. The molecule has 0 heterocycles. The highest BCUT2D eigenvalue weighted by molar-refractivity contribution is 6.31. The number of nitriles is 1. The van der Waals surface area contributed by atoms with Crippen molar-refractivity contribution in [3.05, 3.63) is 63.6 Å². The molecule has 0 aromatic heterocycles. The summed E-state index contributed by atoms with van der Waals surface area (Å²) in [6.45, 7) is 0.670. The van der Waals surface area contributed by atoms with Crippen LogP contribution >= 0.6 is 23.2 Å². The van der Waals surface area contributed by atoms with E-state index in [1.54, 1.807) is 12.1 Å². The molecule has 1 N–H and O–H groups in total. The monoisotopic (exact) mass is 276 g/mol. The van der Waals surface area contributed by atoms with Gasteiger partial charge < -0.3 is 5.32 Å². The van der Waals surface area contributed by atoms with Gasteiger partial charge in [-0.15, -0.1) is 0 Å². The van der Waals surface area contributed by atoms with Gasteiger partial charge in [0.1, 0.15) is 6.07 Å². The molecule has 2 aromatic rings. The highest BCUT2D eigenvalue weighted by Gasteiger charge is 2.01. The molecule has 2 nitrogen and oxygen atoms in total. The van der Waals surface area contributed by atoms with Crippen molar-refractivity contribution >= 4 is 28.9 Å². The smallest absolute Gasteiger partial charge is 0.101 e. The quantitative estimate of drug-likeness (QED) is 0.898. The van der Waals surface area contributed by atoms with Crippen LogP contribution in [0.3, 0.4) is 0 Å². The van der Waals surface area contributed by atoms with Gasteiger partial charge in [-0.3, -0.25) is 0 Å². The molecule has 2 rings (SSSR count). The van der Waals surface area contributed by atoms with Crippen LogP contribution in [-0.2, 0) is 6.54 Å². The molecule has 2 aromatic carbocycles. The predicted octanol–water partition coefficient (Wildman–Crippen LogP) is 4.48.